The molecular weight excluding hydrogens is 396 g/mol. The van der Waals surface area contributed by atoms with E-state index in [0.717, 1.165) is 23.8 Å². The van der Waals surface area contributed by atoms with Crippen molar-refractivity contribution in [2.24, 2.45) is 16.8 Å². The minimum Gasteiger partial charge on any atom is -0.493 e. The standard InChI is InChI=1S/C21H19F2N3O2S/c22-13-5-6-17(23)15(11-13)19-25-26(20(27)12-9-14(24)10-12)21(29-19)7-8-28-18-4-2-1-3-16(18)21/h1-6,11-12,14H,7-10,24H2. The molecule has 29 heavy (non-hydrogen) atoms. The molecule has 1 spiro atoms. The van der Waals surface area contributed by atoms with Crippen LogP contribution >= 0.6 is 11.8 Å². The number of fused-ring (bicyclic) bond motifs is 2. The van der Waals surface area contributed by atoms with Crippen molar-refractivity contribution in [1.29, 1.82) is 0 Å². The van der Waals surface area contributed by atoms with Crippen molar-refractivity contribution >= 4 is 22.7 Å². The third-order valence-corrected chi connectivity index (χ3v) is 7.13. The number of carbonyl (C=O) groups is 1. The summed E-state index contributed by atoms with van der Waals surface area (Å²) >= 11 is 1.28. The molecule has 2 aliphatic heterocycles. The van der Waals surface area contributed by atoms with Crippen LogP contribution in [0.1, 0.15) is 30.4 Å². The van der Waals surface area contributed by atoms with Gasteiger partial charge in [-0.2, -0.15) is 5.10 Å². The van der Waals surface area contributed by atoms with Crippen LogP contribution in [0, 0.1) is 17.6 Å². The monoisotopic (exact) mass is 415 g/mol. The number of ether oxygens (including phenoxy) is 1. The van der Waals surface area contributed by atoms with Crippen LogP contribution in [-0.2, 0) is 9.67 Å². The number of para-hydroxylation sites is 1. The molecule has 0 saturated heterocycles. The Hall–Kier alpha value is -2.45. The Bertz CT molecular complexity index is 1020. The Morgan fingerprint density at radius 2 is 2.03 bits per heavy atom. The highest BCUT2D eigenvalue weighted by Gasteiger charge is 2.53. The third kappa shape index (κ3) is 2.93. The summed E-state index contributed by atoms with van der Waals surface area (Å²) in [5.41, 5.74) is 6.75. The number of rotatable bonds is 2. The van der Waals surface area contributed by atoms with E-state index in [4.69, 9.17) is 10.5 Å². The molecule has 8 heteroatoms. The molecule has 1 aliphatic carbocycles. The summed E-state index contributed by atoms with van der Waals surface area (Å²) in [5.74, 6) is -0.805. The van der Waals surface area contributed by atoms with Gasteiger partial charge in [-0.1, -0.05) is 30.0 Å². The third-order valence-electron chi connectivity index (χ3n) is 5.70. The lowest BCUT2D eigenvalue weighted by molar-refractivity contribution is -0.143. The Kier molecular flexibility index (Phi) is 4.36. The van der Waals surface area contributed by atoms with Crippen LogP contribution in [0.25, 0.3) is 0 Å². The molecule has 1 saturated carbocycles. The molecule has 2 N–H and O–H groups in total. The summed E-state index contributed by atoms with van der Waals surface area (Å²) < 4.78 is 34.1. The van der Waals surface area contributed by atoms with E-state index in [0.29, 0.717) is 31.6 Å². The van der Waals surface area contributed by atoms with Crippen molar-refractivity contribution in [3.05, 3.63) is 65.2 Å². The smallest absolute Gasteiger partial charge is 0.247 e. The second kappa shape index (κ2) is 6.81. The van der Waals surface area contributed by atoms with Crippen LogP contribution in [0.15, 0.2) is 47.6 Å². The van der Waals surface area contributed by atoms with Gasteiger partial charge >= 0.3 is 0 Å². The first kappa shape index (κ1) is 18.6. The van der Waals surface area contributed by atoms with E-state index in [2.05, 4.69) is 5.10 Å². The molecule has 1 amide bonds. The largest absolute Gasteiger partial charge is 0.493 e. The van der Waals surface area contributed by atoms with Gasteiger partial charge in [-0.05, 0) is 37.1 Å². The van der Waals surface area contributed by atoms with E-state index < -0.39 is 16.5 Å². The van der Waals surface area contributed by atoms with Gasteiger partial charge in [-0.3, -0.25) is 4.79 Å². The number of hydrogen-bond acceptors (Lipinski definition) is 5. The highest BCUT2D eigenvalue weighted by atomic mass is 32.2. The molecule has 0 aromatic heterocycles. The molecule has 2 aromatic carbocycles. The van der Waals surface area contributed by atoms with Gasteiger partial charge in [-0.15, -0.1) is 0 Å². The minimum absolute atomic E-state index is 0.0150. The fourth-order valence-corrected chi connectivity index (χ4v) is 5.49. The lowest BCUT2D eigenvalue weighted by Gasteiger charge is -2.42. The second-order valence-corrected chi connectivity index (χ2v) is 8.86. The first-order chi connectivity index (χ1) is 14.0. The summed E-state index contributed by atoms with van der Waals surface area (Å²) in [6, 6.07) is 10.8. The summed E-state index contributed by atoms with van der Waals surface area (Å²) in [6.07, 6.45) is 1.70. The Morgan fingerprint density at radius 3 is 2.83 bits per heavy atom. The lowest BCUT2D eigenvalue weighted by Crippen LogP contribution is -2.51. The molecule has 1 fully saturated rings. The van der Waals surface area contributed by atoms with Gasteiger partial charge in [0, 0.05) is 29.5 Å². The fourth-order valence-electron chi connectivity index (χ4n) is 4.10. The zero-order valence-corrected chi connectivity index (χ0v) is 16.3. The molecule has 150 valence electrons. The maximum atomic E-state index is 14.5. The maximum absolute atomic E-state index is 14.5. The number of thioether (sulfide) groups is 1. The normalized spacial score (nSPS) is 27.8. The van der Waals surface area contributed by atoms with Crippen molar-refractivity contribution in [2.45, 2.75) is 30.2 Å². The summed E-state index contributed by atoms with van der Waals surface area (Å²) in [7, 11) is 0. The second-order valence-electron chi connectivity index (χ2n) is 7.59. The fraction of sp³-hybridized carbons (Fsp3) is 0.333. The molecule has 2 aromatic rings. The van der Waals surface area contributed by atoms with Crippen molar-refractivity contribution in [3.63, 3.8) is 0 Å². The topological polar surface area (TPSA) is 67.9 Å². The summed E-state index contributed by atoms with van der Waals surface area (Å²) in [5, 5.41) is 6.28. The number of halogens is 2. The predicted molar refractivity (Wildman–Crippen MR) is 106 cm³/mol. The molecule has 3 aliphatic rings. The number of benzene rings is 2. The minimum atomic E-state index is -0.848. The van der Waals surface area contributed by atoms with Gasteiger partial charge in [0.1, 0.15) is 27.3 Å². The van der Waals surface area contributed by atoms with Crippen molar-refractivity contribution in [2.75, 3.05) is 6.61 Å². The van der Waals surface area contributed by atoms with Crippen LogP contribution in [0.3, 0.4) is 0 Å². The van der Waals surface area contributed by atoms with Crippen molar-refractivity contribution in [3.8, 4) is 5.75 Å². The van der Waals surface area contributed by atoms with Crippen LogP contribution in [0.5, 0.6) is 5.75 Å². The molecular formula is C21H19F2N3O2S. The molecule has 0 radical (unpaired) electrons. The molecule has 5 rings (SSSR count). The number of amides is 1. The van der Waals surface area contributed by atoms with Crippen molar-refractivity contribution in [1.82, 2.24) is 5.01 Å². The van der Waals surface area contributed by atoms with Gasteiger partial charge in [0.05, 0.1) is 6.61 Å². The Labute approximate surface area is 170 Å². The van der Waals surface area contributed by atoms with Gasteiger partial charge < -0.3 is 10.5 Å². The van der Waals surface area contributed by atoms with Gasteiger partial charge in [0.2, 0.25) is 5.91 Å². The predicted octanol–water partition coefficient (Wildman–Crippen LogP) is 3.57. The van der Waals surface area contributed by atoms with E-state index in [1.54, 1.807) is 0 Å². The lowest BCUT2D eigenvalue weighted by atomic mass is 9.79. The van der Waals surface area contributed by atoms with E-state index in [1.807, 2.05) is 24.3 Å². The van der Waals surface area contributed by atoms with Crippen LogP contribution < -0.4 is 10.5 Å². The molecule has 5 nitrogen and oxygen atoms in total. The molecule has 1 unspecified atom stereocenters. The number of hydrazone groups is 1. The quantitative estimate of drug-likeness (QED) is 0.814. The number of carbonyl (C=O) groups excluding carboxylic acids is 1. The van der Waals surface area contributed by atoms with Crippen LogP contribution in [0.2, 0.25) is 0 Å². The maximum Gasteiger partial charge on any atom is 0.247 e. The number of nitrogens with zero attached hydrogens (tertiary/aromatic N) is 2. The van der Waals surface area contributed by atoms with Crippen LogP contribution in [-0.4, -0.2) is 28.6 Å². The zero-order valence-electron chi connectivity index (χ0n) is 15.5. The first-order valence-corrected chi connectivity index (χ1v) is 10.3. The summed E-state index contributed by atoms with van der Waals surface area (Å²) in [4.78, 5) is 12.5. The van der Waals surface area contributed by atoms with Crippen LogP contribution in [0.4, 0.5) is 8.78 Å². The van der Waals surface area contributed by atoms with Gasteiger partial charge in [0.25, 0.3) is 0 Å². The highest BCUT2D eigenvalue weighted by Crippen LogP contribution is 2.55. The molecule has 0 bridgehead atoms. The average molecular weight is 415 g/mol. The average Bonchev–Trinajstić information content (AvgIpc) is 3.07. The number of hydrogen-bond donors (Lipinski definition) is 1. The van der Waals surface area contributed by atoms with E-state index in [1.165, 1.54) is 16.8 Å². The van der Waals surface area contributed by atoms with E-state index in [-0.39, 0.29) is 28.5 Å². The Morgan fingerprint density at radius 1 is 1.24 bits per heavy atom. The SMILES string of the molecule is NC1CC(C(=O)N2N=C(c3cc(F)ccc3F)SC23CCOc2ccccc23)C1. The first-order valence-electron chi connectivity index (χ1n) is 9.53. The van der Waals surface area contributed by atoms with Gasteiger partial charge in [-0.25, -0.2) is 13.8 Å². The van der Waals surface area contributed by atoms with E-state index in [9.17, 15) is 13.6 Å². The Balaban J connectivity index is 1.62. The van der Waals surface area contributed by atoms with Crippen molar-refractivity contribution < 1.29 is 18.3 Å². The number of nitrogens with two attached hydrogens (primary N) is 1. The summed E-state index contributed by atoms with van der Waals surface area (Å²) in [6.45, 7) is 0.395. The molecule has 2 heterocycles. The van der Waals surface area contributed by atoms with Gasteiger partial charge in [0.15, 0.2) is 0 Å². The zero-order chi connectivity index (χ0) is 20.2. The molecule has 1 atom stereocenters. The highest BCUT2D eigenvalue weighted by molar-refractivity contribution is 8.15. The van der Waals surface area contributed by atoms with E-state index >= 15 is 0 Å².